The van der Waals surface area contributed by atoms with Crippen LogP contribution in [0.4, 0.5) is 0 Å². The minimum atomic E-state index is 0.0178. The first kappa shape index (κ1) is 19.3. The molecule has 27 heavy (non-hydrogen) atoms. The van der Waals surface area contributed by atoms with Gasteiger partial charge >= 0.3 is 0 Å². The molecule has 2 unspecified atom stereocenters. The molecule has 1 saturated carbocycles. The molecule has 2 N–H and O–H groups in total. The van der Waals surface area contributed by atoms with Gasteiger partial charge in [0.05, 0.1) is 13.1 Å². The van der Waals surface area contributed by atoms with Crippen molar-refractivity contribution in [3.05, 3.63) is 23.8 Å². The van der Waals surface area contributed by atoms with E-state index in [-0.39, 0.29) is 19.2 Å². The molecule has 3 rings (SSSR count). The Hall–Kier alpha value is -2.44. The Bertz CT molecular complexity index is 690. The Kier molecular flexibility index (Phi) is 6.42. The second kappa shape index (κ2) is 8.97. The number of benzene rings is 1. The van der Waals surface area contributed by atoms with Gasteiger partial charge in [-0.2, -0.15) is 0 Å². The number of amides is 1. The second-order valence-electron chi connectivity index (χ2n) is 7.51. The summed E-state index contributed by atoms with van der Waals surface area (Å²) in [5.41, 5.74) is 1.04. The molecule has 0 radical (unpaired) electrons. The molecule has 1 aliphatic carbocycles. The molecule has 0 spiro atoms. The third-order valence-electron chi connectivity index (χ3n) is 5.20. The van der Waals surface area contributed by atoms with E-state index in [1.54, 1.807) is 19.0 Å². The molecular formula is C20H30N4O3. The lowest BCUT2D eigenvalue weighted by atomic mass is 9.86. The highest BCUT2D eigenvalue weighted by atomic mass is 16.7. The summed E-state index contributed by atoms with van der Waals surface area (Å²) < 4.78 is 10.8. The van der Waals surface area contributed by atoms with Gasteiger partial charge in [-0.15, -0.1) is 0 Å². The summed E-state index contributed by atoms with van der Waals surface area (Å²) in [5.74, 6) is 2.83. The SMILES string of the molecule is CC1CCCCC1NC(=NCc1ccc2c(c1)OCO2)NCC(=O)N(C)C. The Morgan fingerprint density at radius 1 is 1.22 bits per heavy atom. The smallest absolute Gasteiger partial charge is 0.241 e. The van der Waals surface area contributed by atoms with Crippen molar-refractivity contribution in [3.8, 4) is 11.5 Å². The zero-order valence-electron chi connectivity index (χ0n) is 16.5. The maximum Gasteiger partial charge on any atom is 0.241 e. The molecule has 7 heteroatoms. The van der Waals surface area contributed by atoms with Crippen LogP contribution in [0.5, 0.6) is 11.5 Å². The number of aliphatic imine (C=N–C) groups is 1. The molecule has 0 aromatic heterocycles. The van der Waals surface area contributed by atoms with Gasteiger partial charge in [-0.1, -0.05) is 25.8 Å². The average molecular weight is 374 g/mol. The monoisotopic (exact) mass is 374 g/mol. The lowest BCUT2D eigenvalue weighted by Crippen LogP contribution is -2.49. The zero-order chi connectivity index (χ0) is 19.2. The van der Waals surface area contributed by atoms with Gasteiger partial charge in [-0.3, -0.25) is 4.79 Å². The average Bonchev–Trinajstić information content (AvgIpc) is 3.13. The highest BCUT2D eigenvalue weighted by molar-refractivity contribution is 5.86. The number of rotatable bonds is 5. The number of hydrogen-bond acceptors (Lipinski definition) is 4. The van der Waals surface area contributed by atoms with Crippen LogP contribution in [0.1, 0.15) is 38.2 Å². The van der Waals surface area contributed by atoms with E-state index >= 15 is 0 Å². The molecular weight excluding hydrogens is 344 g/mol. The predicted octanol–water partition coefficient (Wildman–Crippen LogP) is 2.12. The van der Waals surface area contributed by atoms with Crippen molar-refractivity contribution in [2.75, 3.05) is 27.4 Å². The molecule has 0 saturated heterocycles. The molecule has 2 aliphatic rings. The van der Waals surface area contributed by atoms with E-state index in [9.17, 15) is 4.79 Å². The Morgan fingerprint density at radius 2 is 2.00 bits per heavy atom. The van der Waals surface area contributed by atoms with Crippen LogP contribution in [0.3, 0.4) is 0 Å². The normalized spacial score (nSPS) is 21.7. The molecule has 0 bridgehead atoms. The van der Waals surface area contributed by atoms with Crippen LogP contribution < -0.4 is 20.1 Å². The molecule has 7 nitrogen and oxygen atoms in total. The first-order valence-corrected chi connectivity index (χ1v) is 9.66. The fourth-order valence-corrected chi connectivity index (χ4v) is 3.39. The van der Waals surface area contributed by atoms with E-state index in [0.29, 0.717) is 24.5 Å². The van der Waals surface area contributed by atoms with Crippen molar-refractivity contribution in [2.24, 2.45) is 10.9 Å². The van der Waals surface area contributed by atoms with Crippen LogP contribution in [0.25, 0.3) is 0 Å². The minimum absolute atomic E-state index is 0.0178. The predicted molar refractivity (Wildman–Crippen MR) is 105 cm³/mol. The Labute approximate surface area is 161 Å². The lowest BCUT2D eigenvalue weighted by Gasteiger charge is -2.31. The van der Waals surface area contributed by atoms with Gasteiger partial charge in [-0.25, -0.2) is 4.99 Å². The van der Waals surface area contributed by atoms with Gasteiger partial charge in [-0.05, 0) is 36.5 Å². The van der Waals surface area contributed by atoms with Crippen LogP contribution in [0.2, 0.25) is 0 Å². The number of ether oxygens (including phenoxy) is 2. The van der Waals surface area contributed by atoms with E-state index in [0.717, 1.165) is 23.5 Å². The Balaban J connectivity index is 1.67. The molecule has 1 fully saturated rings. The summed E-state index contributed by atoms with van der Waals surface area (Å²) >= 11 is 0. The van der Waals surface area contributed by atoms with Gasteiger partial charge in [0.2, 0.25) is 12.7 Å². The number of carbonyl (C=O) groups is 1. The van der Waals surface area contributed by atoms with E-state index in [1.165, 1.54) is 19.3 Å². The third kappa shape index (κ3) is 5.28. The van der Waals surface area contributed by atoms with Crippen LogP contribution in [0.15, 0.2) is 23.2 Å². The van der Waals surface area contributed by atoms with Crippen molar-refractivity contribution in [3.63, 3.8) is 0 Å². The van der Waals surface area contributed by atoms with E-state index < -0.39 is 0 Å². The summed E-state index contributed by atoms with van der Waals surface area (Å²) in [5, 5.41) is 6.72. The quantitative estimate of drug-likeness (QED) is 0.610. The zero-order valence-corrected chi connectivity index (χ0v) is 16.5. The molecule has 2 atom stereocenters. The first-order chi connectivity index (χ1) is 13.0. The van der Waals surface area contributed by atoms with E-state index in [2.05, 4.69) is 17.6 Å². The largest absolute Gasteiger partial charge is 0.454 e. The maximum absolute atomic E-state index is 12.0. The van der Waals surface area contributed by atoms with Gasteiger partial charge in [0.1, 0.15) is 0 Å². The standard InChI is InChI=1S/C20H30N4O3/c1-14-6-4-5-7-16(14)23-20(22-12-19(25)24(2)3)21-11-15-8-9-17-18(10-15)27-13-26-17/h8-10,14,16H,4-7,11-13H2,1-3H3,(H2,21,22,23). The highest BCUT2D eigenvalue weighted by Gasteiger charge is 2.22. The summed E-state index contributed by atoms with van der Waals surface area (Å²) in [7, 11) is 3.51. The van der Waals surface area contributed by atoms with E-state index in [1.807, 2.05) is 18.2 Å². The van der Waals surface area contributed by atoms with Gasteiger partial charge < -0.3 is 25.0 Å². The minimum Gasteiger partial charge on any atom is -0.454 e. The van der Waals surface area contributed by atoms with Crippen molar-refractivity contribution in [2.45, 2.75) is 45.2 Å². The summed E-state index contributed by atoms with van der Waals surface area (Å²) in [6.07, 6.45) is 4.88. The molecule has 1 heterocycles. The van der Waals surface area contributed by atoms with Crippen LogP contribution in [-0.4, -0.2) is 50.2 Å². The molecule has 1 aliphatic heterocycles. The van der Waals surface area contributed by atoms with Crippen LogP contribution in [-0.2, 0) is 11.3 Å². The molecule has 1 aromatic carbocycles. The fraction of sp³-hybridized carbons (Fsp3) is 0.600. The number of guanidine groups is 1. The summed E-state index contributed by atoms with van der Waals surface area (Å²) in [6, 6.07) is 6.24. The van der Waals surface area contributed by atoms with Gasteiger partial charge in [0.25, 0.3) is 0 Å². The lowest BCUT2D eigenvalue weighted by molar-refractivity contribution is -0.127. The summed E-state index contributed by atoms with van der Waals surface area (Å²) in [6.45, 7) is 3.27. The number of nitrogens with zero attached hydrogens (tertiary/aromatic N) is 2. The molecule has 1 amide bonds. The van der Waals surface area contributed by atoms with Crippen molar-refractivity contribution in [1.29, 1.82) is 0 Å². The molecule has 1 aromatic rings. The number of fused-ring (bicyclic) bond motifs is 1. The summed E-state index contributed by atoms with van der Waals surface area (Å²) in [4.78, 5) is 18.2. The highest BCUT2D eigenvalue weighted by Crippen LogP contribution is 2.32. The number of hydrogen-bond donors (Lipinski definition) is 2. The van der Waals surface area contributed by atoms with Crippen molar-refractivity contribution in [1.82, 2.24) is 15.5 Å². The maximum atomic E-state index is 12.0. The second-order valence-corrected chi connectivity index (χ2v) is 7.51. The number of likely N-dealkylation sites (N-methyl/N-ethyl adjacent to an activating group) is 1. The number of carbonyl (C=O) groups excluding carboxylic acids is 1. The van der Waals surface area contributed by atoms with Crippen molar-refractivity contribution < 1.29 is 14.3 Å². The fourth-order valence-electron chi connectivity index (χ4n) is 3.39. The third-order valence-corrected chi connectivity index (χ3v) is 5.20. The molecule has 148 valence electrons. The topological polar surface area (TPSA) is 75.2 Å². The van der Waals surface area contributed by atoms with Crippen LogP contribution in [0, 0.1) is 5.92 Å². The van der Waals surface area contributed by atoms with Gasteiger partial charge in [0.15, 0.2) is 17.5 Å². The Morgan fingerprint density at radius 3 is 2.78 bits per heavy atom. The van der Waals surface area contributed by atoms with Gasteiger partial charge in [0, 0.05) is 20.1 Å². The van der Waals surface area contributed by atoms with Crippen molar-refractivity contribution >= 4 is 11.9 Å². The first-order valence-electron chi connectivity index (χ1n) is 9.66. The van der Waals surface area contributed by atoms with Crippen LogP contribution >= 0.6 is 0 Å². The van der Waals surface area contributed by atoms with E-state index in [4.69, 9.17) is 14.5 Å². The number of nitrogens with one attached hydrogen (secondary N) is 2.